The molecule has 118 valence electrons. The summed E-state index contributed by atoms with van der Waals surface area (Å²) in [6, 6.07) is 5.20. The van der Waals surface area contributed by atoms with Crippen molar-refractivity contribution in [2.75, 3.05) is 6.54 Å². The van der Waals surface area contributed by atoms with E-state index in [-0.39, 0.29) is 17.7 Å². The summed E-state index contributed by atoms with van der Waals surface area (Å²) in [4.78, 5) is 37.3. The molecule has 7 heteroatoms. The van der Waals surface area contributed by atoms with Crippen LogP contribution in [0.3, 0.4) is 0 Å². The zero-order valence-corrected chi connectivity index (χ0v) is 12.6. The first-order chi connectivity index (χ1) is 10.2. The van der Waals surface area contributed by atoms with Crippen LogP contribution in [-0.2, 0) is 9.53 Å². The number of imide groups is 1. The summed E-state index contributed by atoms with van der Waals surface area (Å²) >= 11 is 0. The average molecular weight is 306 g/mol. The molecule has 1 aliphatic rings. The number of ether oxygens (including phenoxy) is 1. The minimum Gasteiger partial charge on any atom is -0.459 e. The summed E-state index contributed by atoms with van der Waals surface area (Å²) in [5, 5.41) is 9.14. The minimum absolute atomic E-state index is 0.286. The Morgan fingerprint density at radius 2 is 1.73 bits per heavy atom. The van der Waals surface area contributed by atoms with Crippen LogP contribution in [0.2, 0.25) is 0 Å². The van der Waals surface area contributed by atoms with Crippen molar-refractivity contribution in [1.82, 2.24) is 10.4 Å². The Morgan fingerprint density at radius 1 is 1.23 bits per heavy atom. The second-order valence-electron chi connectivity index (χ2n) is 5.98. The van der Waals surface area contributed by atoms with Gasteiger partial charge in [-0.3, -0.25) is 19.3 Å². The number of nitrogens with zero attached hydrogens (tertiary/aromatic N) is 1. The topological polar surface area (TPSA) is 95.9 Å². The normalized spacial score (nSPS) is 15.7. The van der Waals surface area contributed by atoms with E-state index in [0.717, 1.165) is 4.90 Å². The molecule has 2 amide bonds. The molecule has 1 unspecified atom stereocenters. The van der Waals surface area contributed by atoms with Gasteiger partial charge in [0, 0.05) is 0 Å². The summed E-state index contributed by atoms with van der Waals surface area (Å²) in [7, 11) is 0. The van der Waals surface area contributed by atoms with Crippen LogP contribution in [0.1, 0.15) is 41.5 Å². The summed E-state index contributed by atoms with van der Waals surface area (Å²) < 4.78 is 5.14. The number of amides is 2. The van der Waals surface area contributed by atoms with E-state index in [4.69, 9.17) is 9.94 Å². The monoisotopic (exact) mass is 306 g/mol. The molecule has 22 heavy (non-hydrogen) atoms. The van der Waals surface area contributed by atoms with Crippen LogP contribution in [0.5, 0.6) is 0 Å². The largest absolute Gasteiger partial charge is 0.459 e. The Kier molecular flexibility index (Phi) is 4.30. The fourth-order valence-corrected chi connectivity index (χ4v) is 2.13. The molecule has 0 spiro atoms. The van der Waals surface area contributed by atoms with E-state index in [1.807, 2.05) is 0 Å². The first-order valence-corrected chi connectivity index (χ1v) is 6.82. The molecule has 1 heterocycles. The van der Waals surface area contributed by atoms with Gasteiger partial charge in [-0.2, -0.15) is 5.48 Å². The molecule has 0 fully saturated rings. The van der Waals surface area contributed by atoms with E-state index in [9.17, 15) is 14.4 Å². The molecule has 1 aromatic carbocycles. The predicted octanol–water partition coefficient (Wildman–Crippen LogP) is 0.972. The van der Waals surface area contributed by atoms with Crippen LogP contribution >= 0.6 is 0 Å². The van der Waals surface area contributed by atoms with Gasteiger partial charge in [-0.25, -0.2) is 0 Å². The van der Waals surface area contributed by atoms with Crippen LogP contribution in [0.15, 0.2) is 24.3 Å². The van der Waals surface area contributed by atoms with Crippen molar-refractivity contribution in [3.63, 3.8) is 0 Å². The number of benzene rings is 1. The molecule has 0 saturated heterocycles. The Hall–Kier alpha value is -2.25. The highest BCUT2D eigenvalue weighted by atomic mass is 16.6. The fourth-order valence-electron chi connectivity index (χ4n) is 2.13. The number of esters is 1. The number of rotatable bonds is 4. The van der Waals surface area contributed by atoms with Crippen molar-refractivity contribution in [1.29, 1.82) is 0 Å². The quantitative estimate of drug-likeness (QED) is 0.489. The van der Waals surface area contributed by atoms with Crippen molar-refractivity contribution >= 4 is 17.8 Å². The lowest BCUT2D eigenvalue weighted by Crippen LogP contribution is -2.49. The molecule has 0 aliphatic carbocycles. The smallest absolute Gasteiger partial charge is 0.327 e. The Balaban J connectivity index is 2.15. The van der Waals surface area contributed by atoms with Crippen LogP contribution in [0.4, 0.5) is 0 Å². The maximum atomic E-state index is 12.2. The zero-order chi connectivity index (χ0) is 16.5. The van der Waals surface area contributed by atoms with Crippen molar-refractivity contribution in [2.24, 2.45) is 0 Å². The van der Waals surface area contributed by atoms with Crippen LogP contribution in [-0.4, -0.2) is 46.1 Å². The van der Waals surface area contributed by atoms with Crippen molar-refractivity contribution in [3.05, 3.63) is 35.4 Å². The van der Waals surface area contributed by atoms with Gasteiger partial charge in [-0.1, -0.05) is 12.1 Å². The van der Waals surface area contributed by atoms with Gasteiger partial charge in [0.1, 0.15) is 11.6 Å². The standard InChI is InChI=1S/C15H18N2O5/c1-15(2,3)22-14(20)11(16-21)8-17-12(18)9-6-4-5-7-10(9)13(17)19/h4-7,11,16,21H,8H2,1-3H3. The lowest BCUT2D eigenvalue weighted by Gasteiger charge is -2.25. The Morgan fingerprint density at radius 3 is 2.14 bits per heavy atom. The van der Waals surface area contributed by atoms with E-state index < -0.39 is 29.4 Å². The van der Waals surface area contributed by atoms with Crippen molar-refractivity contribution in [3.8, 4) is 0 Å². The van der Waals surface area contributed by atoms with Crippen molar-refractivity contribution in [2.45, 2.75) is 32.4 Å². The highest BCUT2D eigenvalue weighted by Gasteiger charge is 2.38. The van der Waals surface area contributed by atoms with Crippen LogP contribution in [0.25, 0.3) is 0 Å². The first kappa shape index (κ1) is 16.1. The van der Waals surface area contributed by atoms with Gasteiger partial charge in [-0.15, -0.1) is 0 Å². The average Bonchev–Trinajstić information content (AvgIpc) is 2.67. The fraction of sp³-hybridized carbons (Fsp3) is 0.400. The number of hydroxylamine groups is 1. The van der Waals surface area contributed by atoms with Gasteiger partial charge < -0.3 is 9.94 Å². The molecule has 2 N–H and O–H groups in total. The number of hydrogen-bond acceptors (Lipinski definition) is 6. The minimum atomic E-state index is -1.21. The molecular weight excluding hydrogens is 288 g/mol. The second-order valence-corrected chi connectivity index (χ2v) is 5.98. The third kappa shape index (κ3) is 3.15. The molecule has 0 saturated carbocycles. The van der Waals surface area contributed by atoms with Crippen LogP contribution in [0, 0.1) is 0 Å². The molecule has 1 atom stereocenters. The number of nitrogens with one attached hydrogen (secondary N) is 1. The highest BCUT2D eigenvalue weighted by Crippen LogP contribution is 2.22. The van der Waals surface area contributed by atoms with E-state index in [1.165, 1.54) is 0 Å². The molecule has 1 aliphatic heterocycles. The maximum absolute atomic E-state index is 12.2. The van der Waals surface area contributed by atoms with Gasteiger partial charge in [0.25, 0.3) is 11.8 Å². The van der Waals surface area contributed by atoms with E-state index in [1.54, 1.807) is 50.5 Å². The summed E-state index contributed by atoms with van der Waals surface area (Å²) in [6.07, 6.45) is 0. The lowest BCUT2D eigenvalue weighted by atomic mass is 10.1. The molecular formula is C15H18N2O5. The van der Waals surface area contributed by atoms with E-state index in [0.29, 0.717) is 0 Å². The second kappa shape index (κ2) is 5.86. The van der Waals surface area contributed by atoms with E-state index >= 15 is 0 Å². The third-order valence-corrected chi connectivity index (χ3v) is 3.09. The molecule has 0 bridgehead atoms. The highest BCUT2D eigenvalue weighted by molar-refractivity contribution is 6.21. The summed E-state index contributed by atoms with van der Waals surface area (Å²) in [5.74, 6) is -1.74. The van der Waals surface area contributed by atoms with E-state index in [2.05, 4.69) is 0 Å². The summed E-state index contributed by atoms with van der Waals surface area (Å²) in [6.45, 7) is 4.74. The van der Waals surface area contributed by atoms with Gasteiger partial charge in [0.05, 0.1) is 17.7 Å². The number of fused-ring (bicyclic) bond motifs is 1. The Bertz CT molecular complexity index is 586. The lowest BCUT2D eigenvalue weighted by molar-refractivity contribution is -0.160. The van der Waals surface area contributed by atoms with Gasteiger partial charge in [0.2, 0.25) is 0 Å². The Labute approximate surface area is 127 Å². The molecule has 1 aromatic rings. The maximum Gasteiger partial charge on any atom is 0.327 e. The zero-order valence-electron chi connectivity index (χ0n) is 12.6. The van der Waals surface area contributed by atoms with Crippen LogP contribution < -0.4 is 5.48 Å². The first-order valence-electron chi connectivity index (χ1n) is 6.82. The molecule has 0 aromatic heterocycles. The van der Waals surface area contributed by atoms with Gasteiger partial charge in [0.15, 0.2) is 0 Å². The summed E-state index contributed by atoms with van der Waals surface area (Å²) in [5.41, 5.74) is 1.63. The molecule has 0 radical (unpaired) electrons. The molecule has 2 rings (SSSR count). The number of carbonyl (C=O) groups is 3. The van der Waals surface area contributed by atoms with Gasteiger partial charge in [-0.05, 0) is 32.9 Å². The number of hydrogen-bond donors (Lipinski definition) is 2. The van der Waals surface area contributed by atoms with Crippen molar-refractivity contribution < 1.29 is 24.3 Å². The van der Waals surface area contributed by atoms with Gasteiger partial charge >= 0.3 is 5.97 Å². The SMILES string of the molecule is CC(C)(C)OC(=O)C(CN1C(=O)c2ccccc2C1=O)NO. The predicted molar refractivity (Wildman–Crippen MR) is 76.4 cm³/mol. The number of carbonyl (C=O) groups excluding carboxylic acids is 3. The third-order valence-electron chi connectivity index (χ3n) is 3.09. The molecule has 7 nitrogen and oxygen atoms in total.